The number of carbonyl (C=O) groups is 1. The normalized spacial score (nSPS) is 16.3. The fourth-order valence-electron chi connectivity index (χ4n) is 4.88. The third kappa shape index (κ3) is 3.78. The highest BCUT2D eigenvalue weighted by Crippen LogP contribution is 2.49. The second-order valence-corrected chi connectivity index (χ2v) is 10.6. The molecule has 6 nitrogen and oxygen atoms in total. The lowest BCUT2D eigenvalue weighted by Gasteiger charge is -2.44. The van der Waals surface area contributed by atoms with Crippen LogP contribution in [0, 0.1) is 0 Å². The quantitative estimate of drug-likeness (QED) is 0.503. The van der Waals surface area contributed by atoms with E-state index in [2.05, 4.69) is 25.0 Å². The number of rotatable bonds is 4. The highest BCUT2D eigenvalue weighted by atomic mass is 32.2. The molecule has 172 valence electrons. The van der Waals surface area contributed by atoms with Gasteiger partial charge in [0.05, 0.1) is 19.0 Å². The molecule has 0 aliphatic carbocycles. The minimum absolute atomic E-state index is 0.0341. The Kier molecular flexibility index (Phi) is 5.60. The van der Waals surface area contributed by atoms with Crippen molar-refractivity contribution in [3.8, 4) is 22.8 Å². The van der Waals surface area contributed by atoms with Crippen molar-refractivity contribution >= 4 is 17.7 Å². The first-order chi connectivity index (χ1) is 15.9. The van der Waals surface area contributed by atoms with Crippen LogP contribution in [0.4, 0.5) is 0 Å². The van der Waals surface area contributed by atoms with Gasteiger partial charge in [0.1, 0.15) is 17.1 Å². The van der Waals surface area contributed by atoms with E-state index in [1.54, 1.807) is 18.9 Å². The summed E-state index contributed by atoms with van der Waals surface area (Å²) >= 11 is 1.74. The van der Waals surface area contributed by atoms with Crippen molar-refractivity contribution in [3.05, 3.63) is 59.8 Å². The van der Waals surface area contributed by atoms with Crippen molar-refractivity contribution < 1.29 is 14.3 Å². The van der Waals surface area contributed by atoms with Gasteiger partial charge in [-0.15, -0.1) is 11.8 Å². The van der Waals surface area contributed by atoms with Gasteiger partial charge in [-0.25, -0.2) is 0 Å². The summed E-state index contributed by atoms with van der Waals surface area (Å²) in [5.74, 6) is 1.67. The summed E-state index contributed by atoms with van der Waals surface area (Å²) < 4.78 is 14.1. The molecular weight excluding hydrogens is 434 g/mol. The largest absolute Gasteiger partial charge is 0.496 e. The zero-order valence-corrected chi connectivity index (χ0v) is 20.3. The molecule has 1 amide bonds. The number of aromatic nitrogens is 2. The van der Waals surface area contributed by atoms with Gasteiger partial charge in [0.25, 0.3) is 5.91 Å². The molecule has 0 atom stereocenters. The third-order valence-corrected chi connectivity index (χ3v) is 7.57. The van der Waals surface area contributed by atoms with Crippen LogP contribution in [0.5, 0.6) is 11.5 Å². The van der Waals surface area contributed by atoms with E-state index in [1.165, 1.54) is 0 Å². The minimum Gasteiger partial charge on any atom is -0.496 e. The molecule has 0 radical (unpaired) electrons. The molecule has 0 bridgehead atoms. The second kappa shape index (κ2) is 8.45. The van der Waals surface area contributed by atoms with Crippen molar-refractivity contribution in [2.75, 3.05) is 20.2 Å². The summed E-state index contributed by atoms with van der Waals surface area (Å²) in [5.41, 5.74) is 3.51. The van der Waals surface area contributed by atoms with Crippen LogP contribution in [-0.2, 0) is 12.6 Å². The van der Waals surface area contributed by atoms with Crippen molar-refractivity contribution in [2.45, 2.75) is 42.4 Å². The molecule has 1 fully saturated rings. The van der Waals surface area contributed by atoms with Gasteiger partial charge in [-0.05, 0) is 30.3 Å². The van der Waals surface area contributed by atoms with E-state index in [0.29, 0.717) is 23.9 Å². The van der Waals surface area contributed by atoms with Crippen molar-refractivity contribution in [2.24, 2.45) is 7.05 Å². The van der Waals surface area contributed by atoms with Gasteiger partial charge >= 0.3 is 0 Å². The number of fused-ring (bicyclic) bond motifs is 4. The fraction of sp³-hybridized carbons (Fsp3) is 0.385. The lowest BCUT2D eigenvalue weighted by atomic mass is 9.81. The van der Waals surface area contributed by atoms with Gasteiger partial charge in [0, 0.05) is 59.8 Å². The monoisotopic (exact) mass is 463 g/mol. The number of piperidine rings is 1. The number of aryl methyl sites for hydroxylation is 1. The number of hydrogen-bond donors (Lipinski definition) is 0. The number of para-hydroxylation sites is 1. The average molecular weight is 464 g/mol. The van der Waals surface area contributed by atoms with Gasteiger partial charge in [-0.3, -0.25) is 9.48 Å². The number of amides is 1. The van der Waals surface area contributed by atoms with Crippen LogP contribution >= 0.6 is 11.8 Å². The molecule has 3 aromatic rings. The number of thioether (sulfide) groups is 1. The smallest absolute Gasteiger partial charge is 0.253 e. The summed E-state index contributed by atoms with van der Waals surface area (Å²) in [4.78, 5) is 16.3. The van der Waals surface area contributed by atoms with E-state index < -0.39 is 5.60 Å². The maximum absolute atomic E-state index is 13.3. The van der Waals surface area contributed by atoms with Crippen molar-refractivity contribution in [1.82, 2.24) is 14.7 Å². The Hall–Kier alpha value is -2.93. The Labute approximate surface area is 198 Å². The lowest BCUT2D eigenvalue weighted by molar-refractivity contribution is -0.00173. The molecule has 2 aliphatic rings. The Morgan fingerprint density at radius 2 is 1.94 bits per heavy atom. The van der Waals surface area contributed by atoms with E-state index in [-0.39, 0.29) is 5.91 Å². The highest BCUT2D eigenvalue weighted by molar-refractivity contribution is 8.00. The van der Waals surface area contributed by atoms with Gasteiger partial charge in [-0.1, -0.05) is 26.0 Å². The molecule has 2 aromatic carbocycles. The second-order valence-electron chi connectivity index (χ2n) is 8.95. The van der Waals surface area contributed by atoms with E-state index in [9.17, 15) is 4.79 Å². The van der Waals surface area contributed by atoms with E-state index >= 15 is 0 Å². The molecule has 3 heterocycles. The maximum Gasteiger partial charge on any atom is 0.253 e. The summed E-state index contributed by atoms with van der Waals surface area (Å²) in [5, 5.41) is 4.98. The zero-order valence-electron chi connectivity index (χ0n) is 19.5. The first kappa shape index (κ1) is 21.9. The summed E-state index contributed by atoms with van der Waals surface area (Å²) in [7, 11) is 3.63. The molecule has 33 heavy (non-hydrogen) atoms. The van der Waals surface area contributed by atoms with Crippen molar-refractivity contribution in [1.29, 1.82) is 0 Å². The van der Waals surface area contributed by atoms with Crippen LogP contribution in [0.25, 0.3) is 11.3 Å². The minimum atomic E-state index is -0.454. The van der Waals surface area contributed by atoms with Gasteiger partial charge in [0.2, 0.25) is 0 Å². The van der Waals surface area contributed by atoms with Crippen LogP contribution in [0.2, 0.25) is 0 Å². The summed E-state index contributed by atoms with van der Waals surface area (Å²) in [6.45, 7) is 5.54. The predicted octanol–water partition coefficient (Wildman–Crippen LogP) is 5.12. The number of hydrogen-bond acceptors (Lipinski definition) is 5. The Balaban J connectivity index is 1.37. The van der Waals surface area contributed by atoms with E-state index in [0.717, 1.165) is 46.1 Å². The predicted molar refractivity (Wildman–Crippen MR) is 130 cm³/mol. The molecular formula is C26H29N3O3S. The first-order valence-corrected chi connectivity index (χ1v) is 12.2. The molecule has 7 heteroatoms. The number of likely N-dealkylation sites (tertiary alicyclic amines) is 1. The van der Waals surface area contributed by atoms with Gasteiger partial charge in [-0.2, -0.15) is 5.10 Å². The topological polar surface area (TPSA) is 56.6 Å². The molecule has 1 spiro atoms. The van der Waals surface area contributed by atoms with E-state index in [4.69, 9.17) is 9.47 Å². The highest BCUT2D eigenvalue weighted by Gasteiger charge is 2.45. The average Bonchev–Trinajstić information content (AvgIpc) is 3.22. The lowest BCUT2D eigenvalue weighted by Crippen LogP contribution is -2.49. The summed E-state index contributed by atoms with van der Waals surface area (Å²) in [6, 6.07) is 13.9. The fourth-order valence-corrected chi connectivity index (χ4v) is 5.80. The van der Waals surface area contributed by atoms with Crippen LogP contribution in [0.15, 0.2) is 53.6 Å². The number of methoxy groups -OCH3 is 1. The number of ether oxygens (including phenoxy) is 2. The zero-order chi connectivity index (χ0) is 23.2. The summed E-state index contributed by atoms with van der Waals surface area (Å²) in [6.07, 6.45) is 3.38. The Bertz CT molecular complexity index is 1200. The standard InChI is InChI=1S/C26H29N3O3S/c1-17(2)33-23-10-9-18(15-22(23)31-4)25(30)29-13-11-26(12-14-29)20-16-27-28(3)24(20)19-7-5-6-8-21(19)32-26/h5-10,15-17H,11-14H2,1-4H3. The van der Waals surface area contributed by atoms with Crippen LogP contribution in [-0.4, -0.2) is 46.0 Å². The number of nitrogens with zero attached hydrogens (tertiary/aromatic N) is 3. The molecule has 0 saturated carbocycles. The Morgan fingerprint density at radius 1 is 1.18 bits per heavy atom. The third-order valence-electron chi connectivity index (χ3n) is 6.51. The van der Waals surface area contributed by atoms with Crippen LogP contribution in [0.3, 0.4) is 0 Å². The molecule has 1 saturated heterocycles. The SMILES string of the molecule is COc1cc(C(=O)N2CCC3(CC2)Oc2ccccc2-c2c3cnn2C)ccc1SC(C)C. The Morgan fingerprint density at radius 3 is 2.67 bits per heavy atom. The van der Waals surface area contributed by atoms with Crippen LogP contribution in [0.1, 0.15) is 42.6 Å². The molecule has 2 aliphatic heterocycles. The molecule has 0 unspecified atom stereocenters. The molecule has 5 rings (SSSR count). The van der Waals surface area contributed by atoms with E-state index in [1.807, 2.05) is 59.2 Å². The number of benzene rings is 2. The van der Waals surface area contributed by atoms with Crippen LogP contribution < -0.4 is 9.47 Å². The molecule has 1 aromatic heterocycles. The van der Waals surface area contributed by atoms with Gasteiger partial charge < -0.3 is 14.4 Å². The van der Waals surface area contributed by atoms with Gasteiger partial charge in [0.15, 0.2) is 0 Å². The molecule has 0 N–H and O–H groups in total. The van der Waals surface area contributed by atoms with Crippen molar-refractivity contribution in [3.63, 3.8) is 0 Å². The maximum atomic E-state index is 13.3. The first-order valence-electron chi connectivity index (χ1n) is 11.4. The number of carbonyl (C=O) groups excluding carboxylic acids is 1.